The number of fused-ring (bicyclic) bond motifs is 1. The molecule has 0 radical (unpaired) electrons. The van der Waals surface area contributed by atoms with E-state index >= 15 is 0 Å². The SMILES string of the molecule is CCCNC1CCc2cc(OCCc3ccsc3)ccc21. The Labute approximate surface area is 131 Å². The van der Waals surface area contributed by atoms with Crippen LogP contribution in [0.4, 0.5) is 0 Å². The Hall–Kier alpha value is -1.32. The van der Waals surface area contributed by atoms with E-state index in [-0.39, 0.29) is 0 Å². The van der Waals surface area contributed by atoms with Crippen molar-refractivity contribution in [3.8, 4) is 5.75 Å². The summed E-state index contributed by atoms with van der Waals surface area (Å²) < 4.78 is 5.91. The van der Waals surface area contributed by atoms with Gasteiger partial charge in [0, 0.05) is 12.5 Å². The van der Waals surface area contributed by atoms with E-state index in [4.69, 9.17) is 4.74 Å². The van der Waals surface area contributed by atoms with Crippen molar-refractivity contribution in [2.24, 2.45) is 0 Å². The summed E-state index contributed by atoms with van der Waals surface area (Å²) in [5, 5.41) is 7.94. The summed E-state index contributed by atoms with van der Waals surface area (Å²) in [4.78, 5) is 0. The monoisotopic (exact) mass is 301 g/mol. The molecule has 0 bridgehead atoms. The van der Waals surface area contributed by atoms with Crippen LogP contribution in [0.1, 0.15) is 42.5 Å². The largest absolute Gasteiger partial charge is 0.493 e. The van der Waals surface area contributed by atoms with Gasteiger partial charge in [0.25, 0.3) is 0 Å². The number of rotatable bonds is 7. The van der Waals surface area contributed by atoms with Crippen LogP contribution in [0, 0.1) is 0 Å². The molecular weight excluding hydrogens is 278 g/mol. The number of benzene rings is 1. The van der Waals surface area contributed by atoms with Gasteiger partial charge < -0.3 is 10.1 Å². The summed E-state index contributed by atoms with van der Waals surface area (Å²) >= 11 is 1.75. The van der Waals surface area contributed by atoms with Gasteiger partial charge in [-0.25, -0.2) is 0 Å². The van der Waals surface area contributed by atoms with E-state index < -0.39 is 0 Å². The maximum atomic E-state index is 5.91. The molecule has 1 atom stereocenters. The highest BCUT2D eigenvalue weighted by atomic mass is 32.1. The molecule has 2 nitrogen and oxygen atoms in total. The van der Waals surface area contributed by atoms with Gasteiger partial charge in [-0.1, -0.05) is 13.0 Å². The molecule has 1 unspecified atom stereocenters. The van der Waals surface area contributed by atoms with E-state index in [9.17, 15) is 0 Å². The van der Waals surface area contributed by atoms with E-state index in [0.717, 1.165) is 25.3 Å². The number of aryl methyl sites for hydroxylation is 1. The van der Waals surface area contributed by atoms with Crippen molar-refractivity contribution >= 4 is 11.3 Å². The zero-order chi connectivity index (χ0) is 14.5. The summed E-state index contributed by atoms with van der Waals surface area (Å²) in [6, 6.07) is 9.31. The molecule has 1 aromatic heterocycles. The molecule has 0 saturated heterocycles. The Bertz CT molecular complexity index is 565. The molecule has 1 aliphatic carbocycles. The Morgan fingerprint density at radius 1 is 1.33 bits per heavy atom. The second kappa shape index (κ2) is 7.10. The summed E-state index contributed by atoms with van der Waals surface area (Å²) in [5.41, 5.74) is 4.29. The lowest BCUT2D eigenvalue weighted by atomic mass is 10.1. The van der Waals surface area contributed by atoms with Crippen LogP contribution in [0.25, 0.3) is 0 Å². The summed E-state index contributed by atoms with van der Waals surface area (Å²) in [6.07, 6.45) is 4.56. The lowest BCUT2D eigenvalue weighted by Gasteiger charge is -2.14. The minimum absolute atomic E-state index is 0.541. The van der Waals surface area contributed by atoms with Crippen molar-refractivity contribution in [1.82, 2.24) is 5.32 Å². The van der Waals surface area contributed by atoms with Gasteiger partial charge in [0.2, 0.25) is 0 Å². The van der Waals surface area contributed by atoms with Gasteiger partial charge in [-0.15, -0.1) is 0 Å². The lowest BCUT2D eigenvalue weighted by molar-refractivity contribution is 0.322. The molecular formula is C18H23NOS. The van der Waals surface area contributed by atoms with Crippen molar-refractivity contribution in [2.45, 2.75) is 38.6 Å². The summed E-state index contributed by atoms with van der Waals surface area (Å²) in [6.45, 7) is 4.07. The van der Waals surface area contributed by atoms with E-state index in [2.05, 4.69) is 47.3 Å². The minimum Gasteiger partial charge on any atom is -0.493 e. The van der Waals surface area contributed by atoms with Crippen LogP contribution in [-0.2, 0) is 12.8 Å². The van der Waals surface area contributed by atoms with Crippen LogP contribution in [0.3, 0.4) is 0 Å². The quantitative estimate of drug-likeness (QED) is 0.820. The molecule has 112 valence electrons. The molecule has 1 N–H and O–H groups in total. The van der Waals surface area contributed by atoms with Crippen molar-refractivity contribution < 1.29 is 4.74 Å². The first kappa shape index (κ1) is 14.6. The fourth-order valence-corrected chi connectivity index (χ4v) is 3.64. The topological polar surface area (TPSA) is 21.3 Å². The second-order valence-corrected chi connectivity index (χ2v) is 6.42. The van der Waals surface area contributed by atoms with E-state index in [0.29, 0.717) is 6.04 Å². The highest BCUT2D eigenvalue weighted by molar-refractivity contribution is 7.07. The standard InChI is InChI=1S/C18H23NOS/c1-2-9-19-18-6-3-15-12-16(4-5-17(15)18)20-10-7-14-8-11-21-13-14/h4-5,8,11-13,18-19H,2-3,6-7,9-10H2,1H3. The molecule has 1 aromatic carbocycles. The van der Waals surface area contributed by atoms with Gasteiger partial charge >= 0.3 is 0 Å². The molecule has 0 amide bonds. The van der Waals surface area contributed by atoms with Crippen molar-refractivity contribution in [1.29, 1.82) is 0 Å². The number of thiophene rings is 1. The third-order valence-electron chi connectivity index (χ3n) is 4.07. The van der Waals surface area contributed by atoms with Gasteiger partial charge in [0.15, 0.2) is 0 Å². The first-order valence-corrected chi connectivity index (χ1v) is 8.81. The molecule has 1 heterocycles. The Morgan fingerprint density at radius 2 is 2.29 bits per heavy atom. The molecule has 0 fully saturated rings. The van der Waals surface area contributed by atoms with Crippen LogP contribution in [0.5, 0.6) is 5.75 Å². The first-order chi connectivity index (χ1) is 10.4. The van der Waals surface area contributed by atoms with Crippen molar-refractivity contribution in [3.63, 3.8) is 0 Å². The van der Waals surface area contributed by atoms with Gasteiger partial charge in [-0.05, 0) is 71.5 Å². The lowest BCUT2D eigenvalue weighted by Crippen LogP contribution is -2.19. The number of hydrogen-bond acceptors (Lipinski definition) is 3. The molecule has 3 rings (SSSR count). The third kappa shape index (κ3) is 3.66. The van der Waals surface area contributed by atoms with Gasteiger partial charge in [-0.3, -0.25) is 0 Å². The molecule has 0 aliphatic heterocycles. The highest BCUT2D eigenvalue weighted by Gasteiger charge is 2.21. The van der Waals surface area contributed by atoms with E-state index in [1.807, 2.05) is 0 Å². The summed E-state index contributed by atoms with van der Waals surface area (Å²) in [7, 11) is 0. The summed E-state index contributed by atoms with van der Waals surface area (Å²) in [5.74, 6) is 1.01. The Kier molecular flexibility index (Phi) is 4.94. The molecule has 0 spiro atoms. The average molecular weight is 301 g/mol. The first-order valence-electron chi connectivity index (χ1n) is 7.87. The predicted octanol–water partition coefficient (Wildman–Crippen LogP) is 4.36. The second-order valence-electron chi connectivity index (χ2n) is 5.64. The Balaban J connectivity index is 1.56. The maximum absolute atomic E-state index is 5.91. The Morgan fingerprint density at radius 3 is 3.10 bits per heavy atom. The molecule has 0 saturated carbocycles. The average Bonchev–Trinajstić information content (AvgIpc) is 3.14. The number of ether oxygens (including phenoxy) is 1. The van der Waals surface area contributed by atoms with Crippen LogP contribution < -0.4 is 10.1 Å². The fourth-order valence-electron chi connectivity index (χ4n) is 2.94. The van der Waals surface area contributed by atoms with E-state index in [1.54, 1.807) is 11.3 Å². The fraction of sp³-hybridized carbons (Fsp3) is 0.444. The van der Waals surface area contributed by atoms with Crippen LogP contribution in [0.2, 0.25) is 0 Å². The van der Waals surface area contributed by atoms with Crippen LogP contribution in [-0.4, -0.2) is 13.2 Å². The van der Waals surface area contributed by atoms with Crippen molar-refractivity contribution in [3.05, 3.63) is 51.7 Å². The van der Waals surface area contributed by atoms with Crippen molar-refractivity contribution in [2.75, 3.05) is 13.2 Å². The molecule has 21 heavy (non-hydrogen) atoms. The zero-order valence-corrected chi connectivity index (χ0v) is 13.4. The molecule has 3 heteroatoms. The van der Waals surface area contributed by atoms with Crippen LogP contribution in [0.15, 0.2) is 35.0 Å². The zero-order valence-electron chi connectivity index (χ0n) is 12.6. The third-order valence-corrected chi connectivity index (χ3v) is 4.80. The van der Waals surface area contributed by atoms with Gasteiger partial charge in [0.05, 0.1) is 6.61 Å². The van der Waals surface area contributed by atoms with Gasteiger partial charge in [-0.2, -0.15) is 11.3 Å². The maximum Gasteiger partial charge on any atom is 0.119 e. The smallest absolute Gasteiger partial charge is 0.119 e. The van der Waals surface area contributed by atoms with E-state index in [1.165, 1.54) is 36.0 Å². The molecule has 2 aromatic rings. The number of nitrogens with one attached hydrogen (secondary N) is 1. The minimum atomic E-state index is 0.541. The van der Waals surface area contributed by atoms with Crippen LogP contribution >= 0.6 is 11.3 Å². The number of hydrogen-bond donors (Lipinski definition) is 1. The van der Waals surface area contributed by atoms with Gasteiger partial charge in [0.1, 0.15) is 5.75 Å². The normalized spacial score (nSPS) is 16.9. The molecule has 1 aliphatic rings. The highest BCUT2D eigenvalue weighted by Crippen LogP contribution is 2.33. The predicted molar refractivity (Wildman–Crippen MR) is 89.3 cm³/mol.